The fourth-order valence-corrected chi connectivity index (χ4v) is 2.17. The predicted molar refractivity (Wildman–Crippen MR) is 62.9 cm³/mol. The molecule has 17 heavy (non-hydrogen) atoms. The summed E-state index contributed by atoms with van der Waals surface area (Å²) in [4.78, 5) is 25.9. The Morgan fingerprint density at radius 3 is 3.06 bits per heavy atom. The van der Waals surface area contributed by atoms with Crippen LogP contribution in [-0.2, 0) is 0 Å². The summed E-state index contributed by atoms with van der Waals surface area (Å²) >= 11 is 0. The van der Waals surface area contributed by atoms with Gasteiger partial charge in [0.05, 0.1) is 11.6 Å². The van der Waals surface area contributed by atoms with Crippen LogP contribution < -0.4 is 16.4 Å². The quantitative estimate of drug-likeness (QED) is 0.723. The molecule has 3 rings (SSSR count). The third-order valence-electron chi connectivity index (χ3n) is 3.05. The summed E-state index contributed by atoms with van der Waals surface area (Å²) in [5.41, 5.74) is -0.486. The van der Waals surface area contributed by atoms with Crippen LogP contribution in [0, 0.1) is 0 Å². The van der Waals surface area contributed by atoms with Gasteiger partial charge in [0.25, 0.3) is 5.56 Å². The van der Waals surface area contributed by atoms with Crippen molar-refractivity contribution < 1.29 is 0 Å². The van der Waals surface area contributed by atoms with E-state index in [4.69, 9.17) is 0 Å². The standard InChI is InChI=1S/C11H12N4O2/c16-10-4-8-7(5-13-10)6-14-15(11(8)17)9-2-1-3-12-9/h4-6,9,12H,1-3H2,(H,13,16)/t9-/m0/s1. The Morgan fingerprint density at radius 1 is 1.41 bits per heavy atom. The van der Waals surface area contributed by atoms with Crippen LogP contribution in [-0.4, -0.2) is 21.3 Å². The molecule has 0 amide bonds. The molecule has 0 radical (unpaired) electrons. The minimum absolute atomic E-state index is 0.0498. The topological polar surface area (TPSA) is 79.8 Å². The molecule has 1 saturated heterocycles. The number of hydrogen-bond donors (Lipinski definition) is 2. The van der Waals surface area contributed by atoms with Crippen molar-refractivity contribution in [2.24, 2.45) is 0 Å². The highest BCUT2D eigenvalue weighted by atomic mass is 16.1. The second kappa shape index (κ2) is 3.81. The third kappa shape index (κ3) is 1.66. The molecule has 1 fully saturated rings. The molecule has 0 saturated carbocycles. The molecular weight excluding hydrogens is 220 g/mol. The van der Waals surface area contributed by atoms with Crippen molar-refractivity contribution in [1.82, 2.24) is 20.1 Å². The third-order valence-corrected chi connectivity index (χ3v) is 3.05. The Kier molecular flexibility index (Phi) is 2.29. The molecule has 1 atom stereocenters. The van der Waals surface area contributed by atoms with Gasteiger partial charge in [-0.05, 0) is 19.4 Å². The van der Waals surface area contributed by atoms with Crippen molar-refractivity contribution in [2.75, 3.05) is 6.54 Å². The summed E-state index contributed by atoms with van der Waals surface area (Å²) in [5, 5.41) is 8.42. The summed E-state index contributed by atoms with van der Waals surface area (Å²) in [7, 11) is 0. The number of aromatic nitrogens is 3. The van der Waals surface area contributed by atoms with Crippen molar-refractivity contribution in [2.45, 2.75) is 19.0 Å². The smallest absolute Gasteiger partial charge is 0.276 e. The zero-order valence-electron chi connectivity index (χ0n) is 9.14. The SMILES string of the molecule is O=c1cc2c(=O)n([C@H]3CCCN3)ncc2c[nH]1. The van der Waals surface area contributed by atoms with E-state index >= 15 is 0 Å². The lowest BCUT2D eigenvalue weighted by molar-refractivity contribution is 0.408. The Balaban J connectivity index is 2.24. The first-order chi connectivity index (χ1) is 8.25. The van der Waals surface area contributed by atoms with E-state index in [9.17, 15) is 9.59 Å². The molecule has 1 aliphatic heterocycles. The second-order valence-corrected chi connectivity index (χ2v) is 4.17. The van der Waals surface area contributed by atoms with Crippen LogP contribution in [0.5, 0.6) is 0 Å². The van der Waals surface area contributed by atoms with E-state index in [0.717, 1.165) is 19.4 Å². The Labute approximate surface area is 96.3 Å². The van der Waals surface area contributed by atoms with E-state index < -0.39 is 0 Å². The van der Waals surface area contributed by atoms with E-state index in [1.165, 1.54) is 16.9 Å². The molecule has 2 N–H and O–H groups in total. The number of fused-ring (bicyclic) bond motifs is 1. The number of rotatable bonds is 1. The lowest BCUT2D eigenvalue weighted by Gasteiger charge is -2.12. The van der Waals surface area contributed by atoms with Gasteiger partial charge in [0.1, 0.15) is 6.17 Å². The van der Waals surface area contributed by atoms with Gasteiger partial charge in [0.2, 0.25) is 5.56 Å². The number of hydrogen-bond acceptors (Lipinski definition) is 4. The molecule has 0 aromatic carbocycles. The van der Waals surface area contributed by atoms with Crippen LogP contribution in [0.3, 0.4) is 0 Å². The maximum Gasteiger partial charge on any atom is 0.276 e. The van der Waals surface area contributed by atoms with Crippen molar-refractivity contribution in [3.8, 4) is 0 Å². The summed E-state index contributed by atoms with van der Waals surface area (Å²) < 4.78 is 1.43. The highest BCUT2D eigenvalue weighted by Crippen LogP contribution is 2.14. The van der Waals surface area contributed by atoms with Gasteiger partial charge in [-0.3, -0.25) is 14.9 Å². The number of H-pyrrole nitrogens is 1. The number of aromatic amines is 1. The predicted octanol–water partition coefficient (Wildman–Crippen LogP) is -0.0332. The maximum absolute atomic E-state index is 12.2. The zero-order chi connectivity index (χ0) is 11.8. The first-order valence-corrected chi connectivity index (χ1v) is 5.59. The minimum Gasteiger partial charge on any atom is -0.328 e. The van der Waals surface area contributed by atoms with Gasteiger partial charge >= 0.3 is 0 Å². The van der Waals surface area contributed by atoms with Crippen LogP contribution in [0.1, 0.15) is 19.0 Å². The van der Waals surface area contributed by atoms with Crippen molar-refractivity contribution in [1.29, 1.82) is 0 Å². The Bertz CT molecular complexity index is 667. The molecule has 0 bridgehead atoms. The van der Waals surface area contributed by atoms with Gasteiger partial charge in [-0.15, -0.1) is 0 Å². The van der Waals surface area contributed by atoms with Crippen molar-refractivity contribution >= 4 is 10.8 Å². The second-order valence-electron chi connectivity index (χ2n) is 4.17. The molecule has 3 heterocycles. The molecule has 1 aliphatic rings. The first-order valence-electron chi connectivity index (χ1n) is 5.59. The molecular formula is C11H12N4O2. The van der Waals surface area contributed by atoms with E-state index in [1.807, 2.05) is 0 Å². The lowest BCUT2D eigenvalue weighted by Crippen LogP contribution is -2.32. The number of pyridine rings is 1. The first kappa shape index (κ1) is 10.2. The van der Waals surface area contributed by atoms with Crippen molar-refractivity contribution in [3.63, 3.8) is 0 Å². The molecule has 2 aromatic heterocycles. The summed E-state index contributed by atoms with van der Waals surface area (Å²) in [6.07, 6.45) is 4.99. The monoisotopic (exact) mass is 232 g/mol. The number of nitrogens with zero attached hydrogens (tertiary/aromatic N) is 2. The molecule has 0 unspecified atom stereocenters. The molecule has 0 aliphatic carbocycles. The van der Waals surface area contributed by atoms with Gasteiger partial charge in [0.15, 0.2) is 0 Å². The highest BCUT2D eigenvalue weighted by molar-refractivity contribution is 5.79. The average molecular weight is 232 g/mol. The largest absolute Gasteiger partial charge is 0.328 e. The van der Waals surface area contributed by atoms with Gasteiger partial charge in [-0.1, -0.05) is 0 Å². The number of nitrogens with one attached hydrogen (secondary N) is 2. The van der Waals surface area contributed by atoms with E-state index in [-0.39, 0.29) is 17.3 Å². The molecule has 88 valence electrons. The van der Waals surface area contributed by atoms with E-state index in [1.54, 1.807) is 6.20 Å². The normalized spacial score (nSPS) is 19.9. The van der Waals surface area contributed by atoms with Crippen LogP contribution in [0.25, 0.3) is 10.8 Å². The van der Waals surface area contributed by atoms with Crippen LogP contribution in [0.4, 0.5) is 0 Å². The maximum atomic E-state index is 12.2. The summed E-state index contributed by atoms with van der Waals surface area (Å²) in [6, 6.07) is 1.32. The molecule has 2 aromatic rings. The van der Waals surface area contributed by atoms with E-state index in [0.29, 0.717) is 10.8 Å². The summed E-state index contributed by atoms with van der Waals surface area (Å²) in [6.45, 7) is 0.895. The highest BCUT2D eigenvalue weighted by Gasteiger charge is 2.18. The van der Waals surface area contributed by atoms with Crippen molar-refractivity contribution in [3.05, 3.63) is 39.2 Å². The van der Waals surface area contributed by atoms with Crippen LogP contribution >= 0.6 is 0 Å². The molecule has 6 nitrogen and oxygen atoms in total. The van der Waals surface area contributed by atoms with Gasteiger partial charge < -0.3 is 4.98 Å². The van der Waals surface area contributed by atoms with Gasteiger partial charge in [0, 0.05) is 17.6 Å². The Morgan fingerprint density at radius 2 is 2.29 bits per heavy atom. The summed E-state index contributed by atoms with van der Waals surface area (Å²) in [5.74, 6) is 0. The fraction of sp³-hybridized carbons (Fsp3) is 0.364. The van der Waals surface area contributed by atoms with E-state index in [2.05, 4.69) is 15.4 Å². The van der Waals surface area contributed by atoms with Crippen LogP contribution in [0.15, 0.2) is 28.0 Å². The van der Waals surface area contributed by atoms with Gasteiger partial charge in [-0.25, -0.2) is 4.68 Å². The van der Waals surface area contributed by atoms with Crippen LogP contribution in [0.2, 0.25) is 0 Å². The molecule has 0 spiro atoms. The molecule has 6 heteroatoms. The fourth-order valence-electron chi connectivity index (χ4n) is 2.17. The minimum atomic E-state index is -0.272. The van der Waals surface area contributed by atoms with Gasteiger partial charge in [-0.2, -0.15) is 5.10 Å². The Hall–Kier alpha value is -1.95. The average Bonchev–Trinajstić information content (AvgIpc) is 2.84. The zero-order valence-corrected chi connectivity index (χ0v) is 9.14. The lowest BCUT2D eigenvalue weighted by atomic mass is 10.2.